The van der Waals surface area contributed by atoms with Gasteiger partial charge in [0.1, 0.15) is 5.82 Å². The van der Waals surface area contributed by atoms with Gasteiger partial charge in [-0.05, 0) is 29.6 Å². The highest BCUT2D eigenvalue weighted by molar-refractivity contribution is 6.30. The lowest BCUT2D eigenvalue weighted by molar-refractivity contribution is -0.117. The van der Waals surface area contributed by atoms with Crippen molar-refractivity contribution in [1.29, 1.82) is 0 Å². The molecule has 0 spiro atoms. The Morgan fingerprint density at radius 3 is 3.06 bits per heavy atom. The van der Waals surface area contributed by atoms with Crippen LogP contribution in [0.5, 0.6) is 0 Å². The summed E-state index contributed by atoms with van der Waals surface area (Å²) in [6, 6.07) is 4.18. The highest BCUT2D eigenvalue weighted by atomic mass is 35.5. The van der Waals surface area contributed by atoms with E-state index in [2.05, 4.69) is 10.0 Å². The average Bonchev–Trinajstić information content (AvgIpc) is 2.68. The molecule has 94 valence electrons. The predicted molar refractivity (Wildman–Crippen MR) is 65.9 cm³/mol. The van der Waals surface area contributed by atoms with Gasteiger partial charge in [0, 0.05) is 29.4 Å². The molecule has 1 aliphatic rings. The van der Waals surface area contributed by atoms with Crippen molar-refractivity contribution in [2.75, 3.05) is 18.0 Å². The molecule has 1 aromatic carbocycles. The molecule has 0 bridgehead atoms. The van der Waals surface area contributed by atoms with Gasteiger partial charge >= 0.3 is 0 Å². The molecule has 2 rings (SSSR count). The topological polar surface area (TPSA) is 69.1 Å². The maximum atomic E-state index is 13.7. The lowest BCUT2D eigenvalue weighted by atomic mass is 10.1. The van der Waals surface area contributed by atoms with Crippen LogP contribution in [0.2, 0.25) is 5.02 Å². The highest BCUT2D eigenvalue weighted by Crippen LogP contribution is 2.29. The van der Waals surface area contributed by atoms with Gasteiger partial charge in [-0.1, -0.05) is 16.7 Å². The van der Waals surface area contributed by atoms with Crippen LogP contribution in [0, 0.1) is 11.7 Å². The third-order valence-corrected chi connectivity index (χ3v) is 3.04. The molecular weight excluding hydrogens is 259 g/mol. The molecule has 1 unspecified atom stereocenters. The van der Waals surface area contributed by atoms with Gasteiger partial charge in [0.2, 0.25) is 5.91 Å². The zero-order valence-electron chi connectivity index (χ0n) is 9.38. The fraction of sp³-hybridized carbons (Fsp3) is 0.364. The fourth-order valence-corrected chi connectivity index (χ4v) is 2.15. The molecule has 1 atom stereocenters. The normalized spacial score (nSPS) is 18.9. The van der Waals surface area contributed by atoms with E-state index in [1.54, 1.807) is 0 Å². The summed E-state index contributed by atoms with van der Waals surface area (Å²) >= 11 is 5.66. The van der Waals surface area contributed by atoms with Crippen molar-refractivity contribution in [3.63, 3.8) is 0 Å². The maximum Gasteiger partial charge on any atom is 0.227 e. The summed E-state index contributed by atoms with van der Waals surface area (Å²) in [5.74, 6) is -0.766. The summed E-state index contributed by atoms with van der Waals surface area (Å²) in [6.07, 6.45) is 0.265. The number of hydrogen-bond donors (Lipinski definition) is 0. The van der Waals surface area contributed by atoms with E-state index < -0.39 is 5.82 Å². The van der Waals surface area contributed by atoms with E-state index in [0.717, 1.165) is 0 Å². The number of benzene rings is 1. The molecule has 0 radical (unpaired) electrons. The molecule has 1 amide bonds. The van der Waals surface area contributed by atoms with E-state index in [1.165, 1.54) is 23.1 Å². The molecule has 7 heteroatoms. The van der Waals surface area contributed by atoms with Gasteiger partial charge in [-0.2, -0.15) is 0 Å². The van der Waals surface area contributed by atoms with Crippen LogP contribution in [-0.4, -0.2) is 19.0 Å². The van der Waals surface area contributed by atoms with Crippen molar-refractivity contribution in [1.82, 2.24) is 0 Å². The molecule has 1 aromatic rings. The summed E-state index contributed by atoms with van der Waals surface area (Å²) in [6.45, 7) is 0.602. The van der Waals surface area contributed by atoms with E-state index in [9.17, 15) is 9.18 Å². The monoisotopic (exact) mass is 268 g/mol. The maximum absolute atomic E-state index is 13.7. The van der Waals surface area contributed by atoms with Crippen molar-refractivity contribution in [3.8, 4) is 0 Å². The number of carbonyl (C=O) groups excluding carboxylic acids is 1. The first-order chi connectivity index (χ1) is 8.61. The Hall–Kier alpha value is -1.78. The highest BCUT2D eigenvalue weighted by Gasteiger charge is 2.31. The first kappa shape index (κ1) is 12.7. The van der Waals surface area contributed by atoms with Gasteiger partial charge in [-0.25, -0.2) is 4.39 Å². The molecule has 1 heterocycles. The molecule has 5 nitrogen and oxygen atoms in total. The quantitative estimate of drug-likeness (QED) is 0.472. The second-order valence-electron chi connectivity index (χ2n) is 4.08. The van der Waals surface area contributed by atoms with Gasteiger partial charge in [0.25, 0.3) is 0 Å². The van der Waals surface area contributed by atoms with Gasteiger partial charge in [-0.15, -0.1) is 0 Å². The van der Waals surface area contributed by atoms with Crippen LogP contribution in [0.3, 0.4) is 0 Å². The molecular formula is C11H10ClFN4O. The van der Waals surface area contributed by atoms with Crippen LogP contribution in [0.1, 0.15) is 6.42 Å². The van der Waals surface area contributed by atoms with Crippen molar-refractivity contribution in [2.24, 2.45) is 11.0 Å². The molecule has 0 aromatic heterocycles. The zero-order chi connectivity index (χ0) is 13.1. The minimum atomic E-state index is -0.528. The fourth-order valence-electron chi connectivity index (χ4n) is 1.99. The van der Waals surface area contributed by atoms with Crippen molar-refractivity contribution < 1.29 is 9.18 Å². The van der Waals surface area contributed by atoms with Gasteiger partial charge in [0.05, 0.1) is 5.69 Å². The molecule has 1 fully saturated rings. The lowest BCUT2D eigenvalue weighted by Gasteiger charge is -2.17. The van der Waals surface area contributed by atoms with Crippen LogP contribution < -0.4 is 4.90 Å². The van der Waals surface area contributed by atoms with Crippen molar-refractivity contribution >= 4 is 23.2 Å². The number of halogens is 2. The summed E-state index contributed by atoms with van der Waals surface area (Å²) in [5, 5.41) is 3.73. The second kappa shape index (κ2) is 5.25. The first-order valence-corrected chi connectivity index (χ1v) is 5.76. The Bertz CT molecular complexity index is 530. The average molecular weight is 269 g/mol. The number of azide groups is 1. The molecule has 1 saturated heterocycles. The smallest absolute Gasteiger partial charge is 0.227 e. The van der Waals surface area contributed by atoms with Crippen LogP contribution in [0.15, 0.2) is 23.3 Å². The van der Waals surface area contributed by atoms with Gasteiger partial charge < -0.3 is 4.90 Å². The number of rotatable bonds is 3. The predicted octanol–water partition coefficient (Wildman–Crippen LogP) is 3.14. The summed E-state index contributed by atoms with van der Waals surface area (Å²) in [7, 11) is 0. The van der Waals surface area contributed by atoms with Gasteiger partial charge in [0.15, 0.2) is 0 Å². The SMILES string of the molecule is [N-]=[N+]=NCC1CC(=O)N(c2ccc(Cl)cc2F)C1. The number of nitrogens with zero attached hydrogens (tertiary/aromatic N) is 4. The van der Waals surface area contributed by atoms with Crippen molar-refractivity contribution in [2.45, 2.75) is 6.42 Å². The number of anilines is 1. The third-order valence-electron chi connectivity index (χ3n) is 2.81. The third kappa shape index (κ3) is 2.55. The molecule has 0 N–H and O–H groups in total. The summed E-state index contributed by atoms with van der Waals surface area (Å²) < 4.78 is 13.7. The standard InChI is InChI=1S/C11H10ClFN4O/c12-8-1-2-10(9(13)4-8)17-6-7(3-11(17)18)5-15-16-14/h1-2,4,7H,3,5-6H2. The Morgan fingerprint density at radius 2 is 2.39 bits per heavy atom. The van der Waals surface area contributed by atoms with Crippen LogP contribution in [-0.2, 0) is 4.79 Å². The second-order valence-corrected chi connectivity index (χ2v) is 4.52. The number of amides is 1. The summed E-state index contributed by atoms with van der Waals surface area (Å²) in [4.78, 5) is 15.8. The first-order valence-electron chi connectivity index (χ1n) is 5.38. The summed E-state index contributed by atoms with van der Waals surface area (Å²) in [5.41, 5.74) is 8.45. The Kier molecular flexibility index (Phi) is 3.69. The van der Waals surface area contributed by atoms with E-state index in [4.69, 9.17) is 17.1 Å². The Balaban J connectivity index is 2.18. The van der Waals surface area contributed by atoms with E-state index >= 15 is 0 Å². The Morgan fingerprint density at radius 1 is 1.61 bits per heavy atom. The van der Waals surface area contributed by atoms with Crippen LogP contribution in [0.4, 0.5) is 10.1 Å². The molecule has 18 heavy (non-hydrogen) atoms. The molecule has 0 saturated carbocycles. The van der Waals surface area contributed by atoms with Crippen LogP contribution in [0.25, 0.3) is 10.4 Å². The van der Waals surface area contributed by atoms with E-state index in [1.807, 2.05) is 0 Å². The molecule has 0 aliphatic carbocycles. The van der Waals surface area contributed by atoms with Crippen LogP contribution >= 0.6 is 11.6 Å². The minimum absolute atomic E-state index is 0.0662. The number of carbonyl (C=O) groups is 1. The minimum Gasteiger partial charge on any atom is -0.309 e. The zero-order valence-corrected chi connectivity index (χ0v) is 10.1. The van der Waals surface area contributed by atoms with Crippen molar-refractivity contribution in [3.05, 3.63) is 39.5 Å². The Labute approximate surface area is 108 Å². The lowest BCUT2D eigenvalue weighted by Crippen LogP contribution is -2.25. The largest absolute Gasteiger partial charge is 0.309 e. The van der Waals surface area contributed by atoms with E-state index in [-0.39, 0.29) is 35.5 Å². The van der Waals surface area contributed by atoms with Gasteiger partial charge in [-0.3, -0.25) is 4.79 Å². The number of hydrogen-bond acceptors (Lipinski definition) is 2. The molecule has 1 aliphatic heterocycles. The van der Waals surface area contributed by atoms with E-state index in [0.29, 0.717) is 6.54 Å².